The van der Waals surface area contributed by atoms with Gasteiger partial charge in [0.15, 0.2) is 0 Å². The Morgan fingerprint density at radius 1 is 1.36 bits per heavy atom. The van der Waals surface area contributed by atoms with Crippen LogP contribution in [0.3, 0.4) is 0 Å². The van der Waals surface area contributed by atoms with E-state index in [2.05, 4.69) is 0 Å². The average Bonchev–Trinajstić information content (AvgIpc) is 2.25. The van der Waals surface area contributed by atoms with Crippen molar-refractivity contribution < 1.29 is 9.53 Å². The van der Waals surface area contributed by atoms with E-state index in [-0.39, 0.29) is 0 Å². The summed E-state index contributed by atoms with van der Waals surface area (Å²) in [5, 5.41) is 0. The summed E-state index contributed by atoms with van der Waals surface area (Å²) in [5.74, 6) is 0. The van der Waals surface area contributed by atoms with Crippen molar-refractivity contribution in [1.82, 2.24) is 0 Å². The topological polar surface area (TPSA) is 26.3 Å². The summed E-state index contributed by atoms with van der Waals surface area (Å²) in [6, 6.07) is 9.95. The molecule has 1 aromatic rings. The van der Waals surface area contributed by atoms with Gasteiger partial charge in [-0.1, -0.05) is 36.4 Å². The first-order valence-electron chi connectivity index (χ1n) is 4.56. The van der Waals surface area contributed by atoms with Gasteiger partial charge in [-0.05, 0) is 18.1 Å². The van der Waals surface area contributed by atoms with Crippen molar-refractivity contribution in [2.45, 2.75) is 13.5 Å². The van der Waals surface area contributed by atoms with E-state index in [1.54, 1.807) is 13.0 Å². The number of benzene rings is 1. The van der Waals surface area contributed by atoms with Crippen LogP contribution in [-0.4, -0.2) is 12.9 Å². The van der Waals surface area contributed by atoms with Crippen LogP contribution in [0.1, 0.15) is 12.5 Å². The minimum atomic E-state index is 0.486. The molecule has 0 fully saturated rings. The summed E-state index contributed by atoms with van der Waals surface area (Å²) in [6.45, 7) is 2.84. The third-order valence-electron chi connectivity index (χ3n) is 1.82. The Labute approximate surface area is 84.2 Å². The van der Waals surface area contributed by atoms with E-state index in [1.165, 1.54) is 0 Å². The van der Waals surface area contributed by atoms with Crippen molar-refractivity contribution in [2.75, 3.05) is 6.61 Å². The highest BCUT2D eigenvalue weighted by molar-refractivity contribution is 5.71. The Bertz CT molecular complexity index is 301. The first-order chi connectivity index (χ1) is 6.83. The lowest BCUT2D eigenvalue weighted by molar-refractivity contribution is -0.104. The molecule has 0 atom stereocenters. The molecule has 0 saturated heterocycles. The molecule has 0 aliphatic carbocycles. The maximum absolute atomic E-state index is 10.2. The summed E-state index contributed by atoms with van der Waals surface area (Å²) >= 11 is 0. The number of aldehydes is 1. The fourth-order valence-corrected chi connectivity index (χ4v) is 0.989. The lowest BCUT2D eigenvalue weighted by atomic mass is 10.2. The molecule has 2 heteroatoms. The monoisotopic (exact) mass is 190 g/mol. The van der Waals surface area contributed by atoms with Gasteiger partial charge >= 0.3 is 0 Å². The van der Waals surface area contributed by atoms with Gasteiger partial charge < -0.3 is 4.74 Å². The predicted octanol–water partition coefficient (Wildman–Crippen LogP) is 2.35. The average molecular weight is 190 g/mol. The van der Waals surface area contributed by atoms with Crippen LogP contribution >= 0.6 is 0 Å². The van der Waals surface area contributed by atoms with Gasteiger partial charge in [-0.15, -0.1) is 0 Å². The van der Waals surface area contributed by atoms with Crippen molar-refractivity contribution in [3.8, 4) is 0 Å². The molecule has 14 heavy (non-hydrogen) atoms. The minimum absolute atomic E-state index is 0.486. The van der Waals surface area contributed by atoms with E-state index in [9.17, 15) is 4.79 Å². The minimum Gasteiger partial charge on any atom is -0.373 e. The Morgan fingerprint density at radius 3 is 2.71 bits per heavy atom. The molecule has 0 radical (unpaired) electrons. The van der Waals surface area contributed by atoms with Gasteiger partial charge in [-0.25, -0.2) is 0 Å². The molecule has 0 N–H and O–H groups in total. The van der Waals surface area contributed by atoms with E-state index >= 15 is 0 Å². The van der Waals surface area contributed by atoms with Gasteiger partial charge in [0, 0.05) is 0 Å². The Kier molecular flexibility index (Phi) is 4.65. The van der Waals surface area contributed by atoms with Crippen molar-refractivity contribution >= 4 is 6.29 Å². The highest BCUT2D eigenvalue weighted by Gasteiger charge is 1.90. The van der Waals surface area contributed by atoms with Crippen LogP contribution in [0.5, 0.6) is 0 Å². The highest BCUT2D eigenvalue weighted by atomic mass is 16.5. The van der Waals surface area contributed by atoms with E-state index < -0.39 is 0 Å². The number of ether oxygens (including phenoxy) is 1. The molecule has 1 rings (SSSR count). The zero-order chi connectivity index (χ0) is 10.2. The van der Waals surface area contributed by atoms with Gasteiger partial charge in [0.1, 0.15) is 6.29 Å². The number of carbonyl (C=O) groups excluding carboxylic acids is 1. The molecule has 0 aromatic heterocycles. The third-order valence-corrected chi connectivity index (χ3v) is 1.82. The molecule has 0 heterocycles. The van der Waals surface area contributed by atoms with Crippen LogP contribution in [0, 0.1) is 0 Å². The number of allylic oxidation sites excluding steroid dienone is 1. The largest absolute Gasteiger partial charge is 0.373 e. The first-order valence-corrected chi connectivity index (χ1v) is 4.56. The van der Waals surface area contributed by atoms with Crippen molar-refractivity contribution in [1.29, 1.82) is 0 Å². The summed E-state index contributed by atoms with van der Waals surface area (Å²) < 4.78 is 5.36. The number of hydrogen-bond acceptors (Lipinski definition) is 2. The van der Waals surface area contributed by atoms with Gasteiger partial charge in [0.2, 0.25) is 0 Å². The SMILES string of the molecule is C/C(C=O)=C\COCc1ccccc1. The second kappa shape index (κ2) is 6.11. The molecule has 0 bridgehead atoms. The smallest absolute Gasteiger partial charge is 0.145 e. The Morgan fingerprint density at radius 2 is 2.07 bits per heavy atom. The van der Waals surface area contributed by atoms with Crippen LogP contribution in [0.4, 0.5) is 0 Å². The lowest BCUT2D eigenvalue weighted by Crippen LogP contribution is -1.93. The van der Waals surface area contributed by atoms with Crippen LogP contribution in [0.2, 0.25) is 0 Å². The normalized spacial score (nSPS) is 11.4. The lowest BCUT2D eigenvalue weighted by Gasteiger charge is -2.00. The molecule has 2 nitrogen and oxygen atoms in total. The number of carbonyl (C=O) groups is 1. The fraction of sp³-hybridized carbons (Fsp3) is 0.250. The summed E-state index contributed by atoms with van der Waals surface area (Å²) in [6.07, 6.45) is 2.60. The van der Waals surface area contributed by atoms with Crippen LogP contribution in [-0.2, 0) is 16.1 Å². The zero-order valence-corrected chi connectivity index (χ0v) is 8.27. The molecular weight excluding hydrogens is 176 g/mol. The summed E-state index contributed by atoms with van der Waals surface area (Å²) in [5.41, 5.74) is 1.85. The van der Waals surface area contributed by atoms with E-state index in [4.69, 9.17) is 4.74 Å². The molecule has 0 amide bonds. The first kappa shape index (κ1) is 10.7. The van der Waals surface area contributed by atoms with E-state index in [1.807, 2.05) is 30.3 Å². The van der Waals surface area contributed by atoms with Gasteiger partial charge in [0.05, 0.1) is 13.2 Å². The number of rotatable bonds is 5. The molecule has 0 aliphatic rings. The summed E-state index contributed by atoms with van der Waals surface area (Å²) in [7, 11) is 0. The zero-order valence-electron chi connectivity index (χ0n) is 8.27. The van der Waals surface area contributed by atoms with Crippen molar-refractivity contribution in [3.05, 3.63) is 47.5 Å². The fourth-order valence-electron chi connectivity index (χ4n) is 0.989. The second-order valence-corrected chi connectivity index (χ2v) is 3.07. The van der Waals surface area contributed by atoms with Crippen LogP contribution in [0.25, 0.3) is 0 Å². The molecule has 0 spiro atoms. The van der Waals surface area contributed by atoms with Crippen molar-refractivity contribution in [3.63, 3.8) is 0 Å². The molecule has 0 saturated carbocycles. The Hall–Kier alpha value is -1.41. The molecule has 0 unspecified atom stereocenters. The third kappa shape index (κ3) is 4.01. The molecule has 74 valence electrons. The molecule has 0 aliphatic heterocycles. The van der Waals surface area contributed by atoms with Gasteiger partial charge in [-0.3, -0.25) is 4.79 Å². The van der Waals surface area contributed by atoms with Crippen molar-refractivity contribution in [2.24, 2.45) is 0 Å². The predicted molar refractivity (Wildman–Crippen MR) is 55.9 cm³/mol. The maximum atomic E-state index is 10.2. The van der Waals surface area contributed by atoms with E-state index in [0.717, 1.165) is 11.8 Å². The quantitative estimate of drug-likeness (QED) is 0.404. The maximum Gasteiger partial charge on any atom is 0.145 e. The standard InChI is InChI=1S/C12H14O2/c1-11(9-13)7-8-14-10-12-5-3-2-4-6-12/h2-7,9H,8,10H2,1H3/b11-7+. The number of hydrogen-bond donors (Lipinski definition) is 0. The van der Waals surface area contributed by atoms with Gasteiger partial charge in [0.25, 0.3) is 0 Å². The summed E-state index contributed by atoms with van der Waals surface area (Å²) in [4.78, 5) is 10.2. The van der Waals surface area contributed by atoms with E-state index in [0.29, 0.717) is 18.8 Å². The molecular formula is C12H14O2. The van der Waals surface area contributed by atoms with Crippen LogP contribution < -0.4 is 0 Å². The Balaban J connectivity index is 2.26. The second-order valence-electron chi connectivity index (χ2n) is 3.07. The highest BCUT2D eigenvalue weighted by Crippen LogP contribution is 2.00. The van der Waals surface area contributed by atoms with Crippen LogP contribution in [0.15, 0.2) is 42.0 Å². The molecule has 1 aromatic carbocycles. The van der Waals surface area contributed by atoms with Gasteiger partial charge in [-0.2, -0.15) is 0 Å².